The number of benzene rings is 2. The molecule has 0 spiro atoms. The van der Waals surface area contributed by atoms with Crippen LogP contribution in [-0.4, -0.2) is 49.4 Å². The van der Waals surface area contributed by atoms with Gasteiger partial charge in [0.2, 0.25) is 0 Å². The molecule has 2 amide bonds. The minimum absolute atomic E-state index is 0.148. The van der Waals surface area contributed by atoms with Gasteiger partial charge in [-0.25, -0.2) is 4.39 Å². The molecule has 8 heteroatoms. The van der Waals surface area contributed by atoms with Crippen LogP contribution >= 0.6 is 0 Å². The SMILES string of the molecule is O=C(NCc1ccc(F)cc1)C(=O)NCC(c1ccco1)N1CCN(c2ccccc2)CC1. The lowest BCUT2D eigenvalue weighted by Gasteiger charge is -2.39. The molecule has 1 aromatic heterocycles. The fourth-order valence-corrected chi connectivity index (χ4v) is 3.96. The number of piperazine rings is 1. The Morgan fingerprint density at radius 2 is 1.58 bits per heavy atom. The molecule has 0 bridgehead atoms. The number of rotatable bonds is 7. The number of hydrogen-bond acceptors (Lipinski definition) is 5. The van der Waals surface area contributed by atoms with Crippen LogP contribution in [0.3, 0.4) is 0 Å². The molecule has 4 rings (SSSR count). The van der Waals surface area contributed by atoms with E-state index in [0.29, 0.717) is 5.56 Å². The standard InChI is InChI=1S/C25H27FN4O3/c26-20-10-8-19(9-11-20)17-27-24(31)25(32)28-18-22(23-7-4-16-33-23)30-14-12-29(13-15-30)21-5-2-1-3-6-21/h1-11,16,22H,12-15,17-18H2,(H,27,31)(H,28,32). The molecule has 2 N–H and O–H groups in total. The fourth-order valence-electron chi connectivity index (χ4n) is 3.96. The molecule has 7 nitrogen and oxygen atoms in total. The van der Waals surface area contributed by atoms with E-state index in [-0.39, 0.29) is 24.9 Å². The molecule has 172 valence electrons. The average Bonchev–Trinajstić information content (AvgIpc) is 3.39. The molecule has 3 aromatic rings. The molecule has 0 radical (unpaired) electrons. The number of nitrogens with zero attached hydrogens (tertiary/aromatic N) is 2. The number of halogens is 1. The third kappa shape index (κ3) is 5.98. The molecular weight excluding hydrogens is 423 g/mol. The Morgan fingerprint density at radius 3 is 2.24 bits per heavy atom. The third-order valence-corrected chi connectivity index (χ3v) is 5.78. The van der Waals surface area contributed by atoms with Gasteiger partial charge in [-0.05, 0) is 42.0 Å². The van der Waals surface area contributed by atoms with Gasteiger partial charge < -0.3 is 20.0 Å². The number of nitrogens with one attached hydrogen (secondary N) is 2. The summed E-state index contributed by atoms with van der Waals surface area (Å²) >= 11 is 0. The zero-order chi connectivity index (χ0) is 23.0. The molecule has 2 heterocycles. The Hall–Kier alpha value is -3.65. The van der Waals surface area contributed by atoms with E-state index in [4.69, 9.17) is 4.42 Å². The first kappa shape index (κ1) is 22.5. The van der Waals surface area contributed by atoms with Gasteiger partial charge >= 0.3 is 11.8 Å². The molecule has 1 fully saturated rings. The van der Waals surface area contributed by atoms with Gasteiger partial charge in [-0.2, -0.15) is 0 Å². The number of anilines is 1. The minimum atomic E-state index is -0.730. The van der Waals surface area contributed by atoms with Crippen LogP contribution in [-0.2, 0) is 16.1 Å². The van der Waals surface area contributed by atoms with E-state index >= 15 is 0 Å². The topological polar surface area (TPSA) is 77.8 Å². The number of hydrogen-bond donors (Lipinski definition) is 2. The van der Waals surface area contributed by atoms with Crippen molar-refractivity contribution in [3.63, 3.8) is 0 Å². The first-order valence-corrected chi connectivity index (χ1v) is 11.0. The van der Waals surface area contributed by atoms with Crippen molar-refractivity contribution in [1.29, 1.82) is 0 Å². The highest BCUT2D eigenvalue weighted by Gasteiger charge is 2.28. The highest BCUT2D eigenvalue weighted by Crippen LogP contribution is 2.24. The van der Waals surface area contributed by atoms with Gasteiger partial charge in [0.25, 0.3) is 0 Å². The van der Waals surface area contributed by atoms with Gasteiger partial charge in [-0.3, -0.25) is 14.5 Å². The van der Waals surface area contributed by atoms with Crippen LogP contribution in [0.15, 0.2) is 77.4 Å². The van der Waals surface area contributed by atoms with Crippen molar-refractivity contribution < 1.29 is 18.4 Å². The Balaban J connectivity index is 1.31. The van der Waals surface area contributed by atoms with Crippen molar-refractivity contribution in [2.24, 2.45) is 0 Å². The van der Waals surface area contributed by atoms with Crippen LogP contribution in [0.5, 0.6) is 0 Å². The van der Waals surface area contributed by atoms with Crippen LogP contribution in [0.1, 0.15) is 17.4 Å². The summed E-state index contributed by atoms with van der Waals surface area (Å²) in [5, 5.41) is 5.29. The molecule has 1 atom stereocenters. The first-order chi connectivity index (χ1) is 16.1. The summed E-state index contributed by atoms with van der Waals surface area (Å²) in [5.41, 5.74) is 1.90. The second-order valence-corrected chi connectivity index (χ2v) is 7.91. The number of para-hydroxylation sites is 1. The number of furan rings is 1. The predicted molar refractivity (Wildman–Crippen MR) is 123 cm³/mol. The highest BCUT2D eigenvalue weighted by atomic mass is 19.1. The molecule has 1 unspecified atom stereocenters. The summed E-state index contributed by atoms with van der Waals surface area (Å²) in [6, 6.07) is 19.6. The third-order valence-electron chi connectivity index (χ3n) is 5.78. The molecule has 2 aromatic carbocycles. The number of amides is 2. The van der Waals surface area contributed by atoms with Gasteiger partial charge in [0.05, 0.1) is 12.3 Å². The Bertz CT molecular complexity index is 1030. The first-order valence-electron chi connectivity index (χ1n) is 11.0. The normalized spacial score (nSPS) is 15.1. The Labute approximate surface area is 192 Å². The molecule has 1 aliphatic rings. The van der Waals surface area contributed by atoms with Gasteiger partial charge in [0.1, 0.15) is 11.6 Å². The maximum atomic E-state index is 13.0. The van der Waals surface area contributed by atoms with Gasteiger partial charge in [-0.15, -0.1) is 0 Å². The minimum Gasteiger partial charge on any atom is -0.468 e. The van der Waals surface area contributed by atoms with Crippen molar-refractivity contribution in [2.45, 2.75) is 12.6 Å². The monoisotopic (exact) mass is 450 g/mol. The zero-order valence-corrected chi connectivity index (χ0v) is 18.2. The number of carbonyl (C=O) groups is 2. The van der Waals surface area contributed by atoms with E-state index in [1.807, 2.05) is 30.3 Å². The Kier molecular flexibility index (Phi) is 7.36. The molecule has 0 saturated carbocycles. The van der Waals surface area contributed by atoms with E-state index in [2.05, 4.69) is 32.6 Å². The van der Waals surface area contributed by atoms with Gasteiger partial charge in [-0.1, -0.05) is 30.3 Å². The summed E-state index contributed by atoms with van der Waals surface area (Å²) in [5.74, 6) is -1.05. The fraction of sp³-hybridized carbons (Fsp3) is 0.280. The van der Waals surface area contributed by atoms with Crippen LogP contribution in [0.25, 0.3) is 0 Å². The molecule has 1 saturated heterocycles. The van der Waals surface area contributed by atoms with E-state index in [1.54, 1.807) is 18.4 Å². The van der Waals surface area contributed by atoms with Crippen molar-refractivity contribution in [3.05, 3.63) is 90.1 Å². The molecule has 33 heavy (non-hydrogen) atoms. The van der Waals surface area contributed by atoms with Crippen molar-refractivity contribution in [1.82, 2.24) is 15.5 Å². The van der Waals surface area contributed by atoms with E-state index in [1.165, 1.54) is 17.8 Å². The summed E-state index contributed by atoms with van der Waals surface area (Å²) in [6.45, 7) is 3.71. The second kappa shape index (κ2) is 10.8. The summed E-state index contributed by atoms with van der Waals surface area (Å²) < 4.78 is 18.6. The van der Waals surface area contributed by atoms with Crippen molar-refractivity contribution in [2.75, 3.05) is 37.6 Å². The van der Waals surface area contributed by atoms with Crippen molar-refractivity contribution >= 4 is 17.5 Å². The Morgan fingerprint density at radius 1 is 0.879 bits per heavy atom. The quantitative estimate of drug-likeness (QED) is 0.542. The smallest absolute Gasteiger partial charge is 0.309 e. The maximum absolute atomic E-state index is 13.0. The summed E-state index contributed by atoms with van der Waals surface area (Å²) in [4.78, 5) is 29.2. The van der Waals surface area contributed by atoms with E-state index in [0.717, 1.165) is 31.9 Å². The predicted octanol–water partition coefficient (Wildman–Crippen LogP) is 2.71. The van der Waals surface area contributed by atoms with E-state index < -0.39 is 11.8 Å². The summed E-state index contributed by atoms with van der Waals surface area (Å²) in [6.07, 6.45) is 1.61. The van der Waals surface area contributed by atoms with Crippen LogP contribution in [0.2, 0.25) is 0 Å². The maximum Gasteiger partial charge on any atom is 0.309 e. The van der Waals surface area contributed by atoms with Gasteiger partial charge in [0.15, 0.2) is 0 Å². The lowest BCUT2D eigenvalue weighted by molar-refractivity contribution is -0.139. The molecular formula is C25H27FN4O3. The lowest BCUT2D eigenvalue weighted by Crippen LogP contribution is -2.50. The molecule has 1 aliphatic heterocycles. The number of carbonyl (C=O) groups excluding carboxylic acids is 2. The molecule has 0 aliphatic carbocycles. The highest BCUT2D eigenvalue weighted by molar-refractivity contribution is 6.35. The van der Waals surface area contributed by atoms with Crippen LogP contribution in [0, 0.1) is 5.82 Å². The van der Waals surface area contributed by atoms with Crippen LogP contribution in [0.4, 0.5) is 10.1 Å². The largest absolute Gasteiger partial charge is 0.468 e. The average molecular weight is 451 g/mol. The van der Waals surface area contributed by atoms with E-state index in [9.17, 15) is 14.0 Å². The second-order valence-electron chi connectivity index (χ2n) is 7.91. The van der Waals surface area contributed by atoms with Crippen LogP contribution < -0.4 is 15.5 Å². The van der Waals surface area contributed by atoms with Gasteiger partial charge in [0, 0.05) is 45.0 Å². The zero-order valence-electron chi connectivity index (χ0n) is 18.2. The summed E-state index contributed by atoms with van der Waals surface area (Å²) in [7, 11) is 0. The lowest BCUT2D eigenvalue weighted by atomic mass is 10.1. The van der Waals surface area contributed by atoms with Crippen molar-refractivity contribution in [3.8, 4) is 0 Å².